The molecule has 4 N–H and O–H groups in total. The van der Waals surface area contributed by atoms with Crippen molar-refractivity contribution in [1.29, 1.82) is 0 Å². The Balaban J connectivity index is 0.00000225. The highest BCUT2D eigenvalue weighted by molar-refractivity contribution is 6.29. The van der Waals surface area contributed by atoms with Crippen molar-refractivity contribution in [3.63, 3.8) is 0 Å². The second-order valence-corrected chi connectivity index (χ2v) is 3.26. The van der Waals surface area contributed by atoms with Gasteiger partial charge in [0, 0.05) is 6.54 Å². The summed E-state index contributed by atoms with van der Waals surface area (Å²) in [6.45, 7) is 1.10. The van der Waals surface area contributed by atoms with Gasteiger partial charge in [-0.2, -0.15) is 0 Å². The topological polar surface area (TPSA) is 80.0 Å². The largest absolute Gasteiger partial charge is 0.338 e. The minimum atomic E-state index is -0.307. The lowest BCUT2D eigenvalue weighted by molar-refractivity contribution is 0.252. The van der Waals surface area contributed by atoms with Crippen LogP contribution in [0.1, 0.15) is 6.42 Å². The SMILES string of the molecule is Cl.NCCCNC(=O)Nc1cccc(Cl)n1. The molecule has 2 amide bonds. The second kappa shape index (κ2) is 8.15. The number of halogens is 2. The fourth-order valence-electron chi connectivity index (χ4n) is 0.942. The third-order valence-electron chi connectivity index (χ3n) is 1.62. The van der Waals surface area contributed by atoms with Gasteiger partial charge in [-0.25, -0.2) is 9.78 Å². The molecule has 0 saturated heterocycles. The summed E-state index contributed by atoms with van der Waals surface area (Å²) >= 11 is 5.66. The molecule has 5 nitrogen and oxygen atoms in total. The molecule has 0 fully saturated rings. The third-order valence-corrected chi connectivity index (χ3v) is 1.83. The van der Waals surface area contributed by atoms with Crippen LogP contribution in [-0.4, -0.2) is 24.1 Å². The highest BCUT2D eigenvalue weighted by Crippen LogP contribution is 2.08. The van der Waals surface area contributed by atoms with E-state index in [9.17, 15) is 4.79 Å². The first-order valence-corrected chi connectivity index (χ1v) is 4.97. The zero-order chi connectivity index (χ0) is 11.1. The van der Waals surface area contributed by atoms with Crippen LogP contribution < -0.4 is 16.4 Å². The molecule has 1 rings (SSSR count). The average Bonchev–Trinajstić information content (AvgIpc) is 2.18. The Labute approximate surface area is 105 Å². The number of carbonyl (C=O) groups excluding carboxylic acids is 1. The molecule has 16 heavy (non-hydrogen) atoms. The van der Waals surface area contributed by atoms with Crippen molar-refractivity contribution in [2.45, 2.75) is 6.42 Å². The van der Waals surface area contributed by atoms with Crippen molar-refractivity contribution in [2.75, 3.05) is 18.4 Å². The van der Waals surface area contributed by atoms with E-state index < -0.39 is 0 Å². The zero-order valence-corrected chi connectivity index (χ0v) is 10.1. The van der Waals surface area contributed by atoms with E-state index in [2.05, 4.69) is 15.6 Å². The van der Waals surface area contributed by atoms with Crippen LogP contribution in [-0.2, 0) is 0 Å². The predicted molar refractivity (Wildman–Crippen MR) is 67.2 cm³/mol. The Morgan fingerprint density at radius 3 is 2.88 bits per heavy atom. The van der Waals surface area contributed by atoms with Crippen LogP contribution in [0.15, 0.2) is 18.2 Å². The summed E-state index contributed by atoms with van der Waals surface area (Å²) in [5.74, 6) is 0.424. The van der Waals surface area contributed by atoms with E-state index in [1.165, 1.54) is 0 Å². The van der Waals surface area contributed by atoms with Gasteiger partial charge < -0.3 is 11.1 Å². The molecule has 1 aromatic heterocycles. The number of pyridine rings is 1. The lowest BCUT2D eigenvalue weighted by Gasteiger charge is -2.05. The Morgan fingerprint density at radius 2 is 2.25 bits per heavy atom. The summed E-state index contributed by atoms with van der Waals surface area (Å²) in [5, 5.41) is 5.54. The maximum absolute atomic E-state index is 11.3. The van der Waals surface area contributed by atoms with Gasteiger partial charge >= 0.3 is 6.03 Å². The molecule has 0 aliphatic carbocycles. The molecule has 0 saturated carbocycles. The van der Waals surface area contributed by atoms with E-state index in [1.54, 1.807) is 18.2 Å². The second-order valence-electron chi connectivity index (χ2n) is 2.87. The number of amides is 2. The van der Waals surface area contributed by atoms with Gasteiger partial charge in [-0.1, -0.05) is 17.7 Å². The Morgan fingerprint density at radius 1 is 1.50 bits per heavy atom. The first-order chi connectivity index (χ1) is 7.22. The van der Waals surface area contributed by atoms with Crippen molar-refractivity contribution in [1.82, 2.24) is 10.3 Å². The van der Waals surface area contributed by atoms with Gasteiger partial charge in [0.2, 0.25) is 0 Å². The van der Waals surface area contributed by atoms with Crippen molar-refractivity contribution in [2.24, 2.45) is 5.73 Å². The van der Waals surface area contributed by atoms with Gasteiger partial charge in [0.15, 0.2) is 0 Å². The molecule has 0 unspecified atom stereocenters. The average molecular weight is 265 g/mol. The zero-order valence-electron chi connectivity index (χ0n) is 8.57. The summed E-state index contributed by atoms with van der Waals surface area (Å²) in [7, 11) is 0. The van der Waals surface area contributed by atoms with Gasteiger partial charge in [-0.05, 0) is 25.1 Å². The van der Waals surface area contributed by atoms with E-state index in [0.29, 0.717) is 24.1 Å². The van der Waals surface area contributed by atoms with Gasteiger partial charge in [-0.15, -0.1) is 12.4 Å². The van der Waals surface area contributed by atoms with Crippen LogP contribution in [0.5, 0.6) is 0 Å². The fourth-order valence-corrected chi connectivity index (χ4v) is 1.11. The molecule has 7 heteroatoms. The normalized spacial score (nSPS) is 9.12. The molecule has 0 aromatic carbocycles. The van der Waals surface area contributed by atoms with Crippen LogP contribution in [0.2, 0.25) is 5.15 Å². The standard InChI is InChI=1S/C9H13ClN4O.ClH/c10-7-3-1-4-8(13-7)14-9(15)12-6-2-5-11;/h1,3-4H,2,5-6,11H2,(H2,12,13,14,15);1H. The number of carbonyl (C=O) groups is 1. The van der Waals surface area contributed by atoms with Crippen LogP contribution in [0, 0.1) is 0 Å². The van der Waals surface area contributed by atoms with Crippen molar-refractivity contribution >= 4 is 35.9 Å². The Bertz CT molecular complexity index is 335. The lowest BCUT2D eigenvalue weighted by atomic mass is 10.4. The Kier molecular flexibility index (Phi) is 7.62. The smallest absolute Gasteiger partial charge is 0.320 e. The number of anilines is 1. The number of hydrogen-bond acceptors (Lipinski definition) is 3. The van der Waals surface area contributed by atoms with Crippen molar-refractivity contribution in [3.8, 4) is 0 Å². The van der Waals surface area contributed by atoms with Crippen LogP contribution in [0.25, 0.3) is 0 Å². The van der Waals surface area contributed by atoms with Crippen molar-refractivity contribution < 1.29 is 4.79 Å². The molecule has 1 heterocycles. The van der Waals surface area contributed by atoms with Crippen LogP contribution in [0.4, 0.5) is 10.6 Å². The van der Waals surface area contributed by atoms with Gasteiger partial charge in [0.05, 0.1) is 0 Å². The maximum Gasteiger partial charge on any atom is 0.320 e. The van der Waals surface area contributed by atoms with E-state index >= 15 is 0 Å². The molecule has 0 atom stereocenters. The molecular weight excluding hydrogens is 251 g/mol. The number of aromatic nitrogens is 1. The summed E-state index contributed by atoms with van der Waals surface area (Å²) in [6, 6.07) is 4.70. The lowest BCUT2D eigenvalue weighted by Crippen LogP contribution is -2.30. The summed E-state index contributed by atoms with van der Waals surface area (Å²) in [4.78, 5) is 15.2. The van der Waals surface area contributed by atoms with Gasteiger partial charge in [0.25, 0.3) is 0 Å². The molecule has 0 aliphatic rings. The van der Waals surface area contributed by atoms with Gasteiger partial charge in [0.1, 0.15) is 11.0 Å². The first kappa shape index (κ1) is 15.0. The van der Waals surface area contributed by atoms with E-state index in [-0.39, 0.29) is 18.4 Å². The number of rotatable bonds is 4. The number of nitrogens with two attached hydrogens (primary N) is 1. The molecule has 0 aliphatic heterocycles. The Hall–Kier alpha value is -1.04. The number of hydrogen-bond donors (Lipinski definition) is 3. The minimum absolute atomic E-state index is 0. The number of nitrogens with zero attached hydrogens (tertiary/aromatic N) is 1. The van der Waals surface area contributed by atoms with Gasteiger partial charge in [-0.3, -0.25) is 5.32 Å². The molecule has 0 bridgehead atoms. The monoisotopic (exact) mass is 264 g/mol. The summed E-state index contributed by atoms with van der Waals surface area (Å²) in [6.07, 6.45) is 0.746. The molecule has 0 radical (unpaired) electrons. The van der Waals surface area contributed by atoms with E-state index in [0.717, 1.165) is 6.42 Å². The molecule has 90 valence electrons. The highest BCUT2D eigenvalue weighted by atomic mass is 35.5. The van der Waals surface area contributed by atoms with Crippen LogP contribution in [0.3, 0.4) is 0 Å². The predicted octanol–water partition coefficient (Wildman–Crippen LogP) is 1.63. The van der Waals surface area contributed by atoms with Crippen LogP contribution >= 0.6 is 24.0 Å². The van der Waals surface area contributed by atoms with E-state index in [1.807, 2.05) is 0 Å². The highest BCUT2D eigenvalue weighted by Gasteiger charge is 2.01. The molecular formula is C9H14Cl2N4O. The molecule has 0 spiro atoms. The molecule has 1 aromatic rings. The van der Waals surface area contributed by atoms with Crippen molar-refractivity contribution in [3.05, 3.63) is 23.4 Å². The number of nitrogens with one attached hydrogen (secondary N) is 2. The minimum Gasteiger partial charge on any atom is -0.338 e. The fraction of sp³-hybridized carbons (Fsp3) is 0.333. The summed E-state index contributed by atoms with van der Waals surface area (Å²) < 4.78 is 0. The quantitative estimate of drug-likeness (QED) is 0.571. The van der Waals surface area contributed by atoms with E-state index in [4.69, 9.17) is 17.3 Å². The third kappa shape index (κ3) is 5.75. The summed E-state index contributed by atoms with van der Waals surface area (Å²) in [5.41, 5.74) is 5.29. The number of urea groups is 1. The maximum atomic E-state index is 11.3. The first-order valence-electron chi connectivity index (χ1n) is 4.60.